The highest BCUT2D eigenvalue weighted by atomic mass is 79.9. The van der Waals surface area contributed by atoms with E-state index >= 15 is 0 Å². The van der Waals surface area contributed by atoms with E-state index in [1.54, 1.807) is 41.8 Å². The Kier molecular flexibility index (Phi) is 13.8. The summed E-state index contributed by atoms with van der Waals surface area (Å²) in [6.45, 7) is 0. The Balaban J connectivity index is 0.000000204. The number of carbonyl (C=O) groups is 6. The van der Waals surface area contributed by atoms with Gasteiger partial charge in [0.05, 0.1) is 35.6 Å². The number of amides is 4. The van der Waals surface area contributed by atoms with Gasteiger partial charge in [-0.05, 0) is 78.0 Å². The second kappa shape index (κ2) is 18.7. The molecular weight excluding hydrogens is 788 g/mol. The zero-order valence-corrected chi connectivity index (χ0v) is 32.1. The number of nitrogens with zero attached hydrogens (tertiary/aromatic N) is 2. The lowest BCUT2D eigenvalue weighted by atomic mass is 9.95. The molecule has 4 amide bonds. The number of anilines is 4. The lowest BCUT2D eigenvalue weighted by molar-refractivity contribution is -0.133. The second-order valence-corrected chi connectivity index (χ2v) is 15.4. The molecular formula is C36H37BrN6O8S2. The Hall–Kier alpha value is -5.00. The Morgan fingerprint density at radius 1 is 0.660 bits per heavy atom. The molecule has 2 fully saturated rings. The number of halogens is 1. The van der Waals surface area contributed by atoms with E-state index in [0.717, 1.165) is 55.2 Å². The van der Waals surface area contributed by atoms with Gasteiger partial charge in [0.15, 0.2) is 21.8 Å². The third kappa shape index (κ3) is 10.5. The first kappa shape index (κ1) is 39.2. The lowest BCUT2D eigenvalue weighted by Crippen LogP contribution is -2.30. The summed E-state index contributed by atoms with van der Waals surface area (Å²) in [5, 5.41) is 12.2. The fourth-order valence-corrected chi connectivity index (χ4v) is 7.63. The van der Waals surface area contributed by atoms with Crippen molar-refractivity contribution < 1.29 is 38.2 Å². The molecule has 0 spiro atoms. The summed E-state index contributed by atoms with van der Waals surface area (Å²) < 4.78 is 11.1. The molecule has 6 rings (SSSR count). The number of hydrogen-bond donors (Lipinski definition) is 4. The molecule has 2 aliphatic carbocycles. The number of methoxy groups -OCH3 is 2. The molecule has 0 bridgehead atoms. The number of carbonyl (C=O) groups excluding carboxylic acids is 6. The van der Waals surface area contributed by atoms with E-state index in [1.165, 1.54) is 49.3 Å². The monoisotopic (exact) mass is 824 g/mol. The quantitative estimate of drug-likeness (QED) is 0.0959. The van der Waals surface area contributed by atoms with Crippen LogP contribution >= 0.6 is 38.6 Å². The molecule has 0 unspecified atom stereocenters. The van der Waals surface area contributed by atoms with Crippen molar-refractivity contribution in [3.8, 4) is 11.5 Å². The molecule has 2 aromatic carbocycles. The molecule has 17 heteroatoms. The zero-order valence-electron chi connectivity index (χ0n) is 28.9. The first-order chi connectivity index (χ1) is 25.6. The molecule has 14 nitrogen and oxygen atoms in total. The number of ketones is 2. The maximum absolute atomic E-state index is 12.9. The van der Waals surface area contributed by atoms with Crippen LogP contribution in [0.2, 0.25) is 0 Å². The average Bonchev–Trinajstić information content (AvgIpc) is 4.01. The van der Waals surface area contributed by atoms with Gasteiger partial charge in [-0.2, -0.15) is 0 Å². The number of ether oxygens (including phenoxy) is 2. The Labute approximate surface area is 321 Å². The standard InChI is InChI=1S/C18H18BrN3O4S.C18H19N3O4S/c1-26-11-6-7-13(12(8-11)15(23)10-4-2-3-5-10)21-16(24)17(25)22-18-20-9-14(19)27-18;1-25-12-6-7-14(13(10-12)15(22)11-4-2-3-5-11)20-16(23)17(24)21-18-19-8-9-26-18/h6-10H,2-5H2,1H3,(H,21,24)(H,20,22,25);6-11H,2-5H2,1H3,(H,20,23)(H,19,21,24). The Bertz CT molecular complexity index is 1970. The first-order valence-electron chi connectivity index (χ1n) is 16.8. The third-order valence-corrected chi connectivity index (χ3v) is 10.8. The van der Waals surface area contributed by atoms with Crippen molar-refractivity contribution in [3.63, 3.8) is 0 Å². The number of hydrogen-bond acceptors (Lipinski definition) is 12. The minimum Gasteiger partial charge on any atom is -0.497 e. The maximum Gasteiger partial charge on any atom is 0.315 e. The van der Waals surface area contributed by atoms with Gasteiger partial charge < -0.3 is 20.1 Å². The highest BCUT2D eigenvalue weighted by Gasteiger charge is 2.29. The molecule has 0 aliphatic heterocycles. The number of Topliss-reactive ketones (excluding diaryl/α,β-unsaturated/α-hetero) is 2. The second-order valence-electron chi connectivity index (χ2n) is 12.1. The summed E-state index contributed by atoms with van der Waals surface area (Å²) in [5.74, 6) is -2.55. The van der Waals surface area contributed by atoms with Crippen LogP contribution in [0.25, 0.3) is 0 Å². The third-order valence-electron chi connectivity index (χ3n) is 8.70. The van der Waals surface area contributed by atoms with Gasteiger partial charge in [-0.3, -0.25) is 39.4 Å². The van der Waals surface area contributed by atoms with Gasteiger partial charge in [-0.1, -0.05) is 37.0 Å². The zero-order chi connectivity index (χ0) is 37.9. The van der Waals surface area contributed by atoms with Gasteiger partial charge in [-0.15, -0.1) is 11.3 Å². The van der Waals surface area contributed by atoms with Crippen molar-refractivity contribution in [1.29, 1.82) is 0 Å². The fourth-order valence-electron chi connectivity index (χ4n) is 6.01. The molecule has 2 aliphatic rings. The smallest absolute Gasteiger partial charge is 0.315 e. The molecule has 0 radical (unpaired) electrons. The highest BCUT2D eigenvalue weighted by Crippen LogP contribution is 2.34. The van der Waals surface area contributed by atoms with Crippen molar-refractivity contribution in [2.75, 3.05) is 35.5 Å². The van der Waals surface area contributed by atoms with Gasteiger partial charge in [-0.25, -0.2) is 9.97 Å². The minimum absolute atomic E-state index is 0.0305. The summed E-state index contributed by atoms with van der Waals surface area (Å²) in [7, 11) is 3.02. The lowest BCUT2D eigenvalue weighted by Gasteiger charge is -2.14. The highest BCUT2D eigenvalue weighted by molar-refractivity contribution is 9.11. The van der Waals surface area contributed by atoms with Gasteiger partial charge in [0.1, 0.15) is 11.5 Å². The number of benzene rings is 2. The van der Waals surface area contributed by atoms with Gasteiger partial charge in [0.2, 0.25) is 0 Å². The number of nitrogens with one attached hydrogen (secondary N) is 4. The molecule has 2 aromatic heterocycles. The minimum atomic E-state index is -0.869. The molecule has 2 saturated carbocycles. The topological polar surface area (TPSA) is 195 Å². The van der Waals surface area contributed by atoms with Crippen LogP contribution in [0.5, 0.6) is 11.5 Å². The molecule has 0 saturated heterocycles. The van der Waals surface area contributed by atoms with Crippen LogP contribution in [0, 0.1) is 11.8 Å². The average molecular weight is 826 g/mol. The molecule has 0 atom stereocenters. The first-order valence-corrected chi connectivity index (χ1v) is 19.2. The summed E-state index contributed by atoms with van der Waals surface area (Å²) in [4.78, 5) is 82.1. The van der Waals surface area contributed by atoms with Gasteiger partial charge in [0, 0.05) is 34.5 Å². The van der Waals surface area contributed by atoms with E-state index in [4.69, 9.17) is 9.47 Å². The molecule has 53 heavy (non-hydrogen) atoms. The predicted octanol–water partition coefficient (Wildman–Crippen LogP) is 6.97. The van der Waals surface area contributed by atoms with Crippen LogP contribution in [0.4, 0.5) is 21.6 Å². The summed E-state index contributed by atoms with van der Waals surface area (Å²) >= 11 is 5.64. The van der Waals surface area contributed by atoms with Crippen molar-refractivity contribution in [1.82, 2.24) is 9.97 Å². The van der Waals surface area contributed by atoms with Crippen LogP contribution in [-0.2, 0) is 19.2 Å². The van der Waals surface area contributed by atoms with Crippen LogP contribution in [-0.4, -0.2) is 59.4 Å². The van der Waals surface area contributed by atoms with E-state index in [9.17, 15) is 28.8 Å². The maximum atomic E-state index is 12.9. The summed E-state index contributed by atoms with van der Waals surface area (Å²) in [6.07, 6.45) is 10.5. The Morgan fingerprint density at radius 3 is 1.51 bits per heavy atom. The van der Waals surface area contributed by atoms with Crippen LogP contribution < -0.4 is 30.7 Å². The largest absolute Gasteiger partial charge is 0.497 e. The van der Waals surface area contributed by atoms with E-state index in [0.29, 0.717) is 44.3 Å². The SMILES string of the molecule is COc1ccc(NC(=O)C(=O)Nc2ncc(Br)s2)c(C(=O)C2CCCC2)c1.COc1ccc(NC(=O)C(=O)Nc2nccs2)c(C(=O)C2CCCC2)c1. The molecule has 4 aromatic rings. The van der Waals surface area contributed by atoms with Crippen LogP contribution in [0.3, 0.4) is 0 Å². The van der Waals surface area contributed by atoms with Crippen molar-refractivity contribution in [3.05, 3.63) is 69.1 Å². The molecule has 2 heterocycles. The van der Waals surface area contributed by atoms with Gasteiger partial charge in [0.25, 0.3) is 0 Å². The normalized spacial score (nSPS) is 14.0. The number of thiazole rings is 2. The molecule has 278 valence electrons. The van der Waals surface area contributed by atoms with Crippen molar-refractivity contribution >= 4 is 95.4 Å². The number of aromatic nitrogens is 2. The number of rotatable bonds is 10. The molecule has 4 N–H and O–H groups in total. The van der Waals surface area contributed by atoms with Crippen molar-refractivity contribution in [2.24, 2.45) is 11.8 Å². The van der Waals surface area contributed by atoms with E-state index < -0.39 is 23.6 Å². The van der Waals surface area contributed by atoms with E-state index in [2.05, 4.69) is 47.2 Å². The predicted molar refractivity (Wildman–Crippen MR) is 205 cm³/mol. The summed E-state index contributed by atoms with van der Waals surface area (Å²) in [5.41, 5.74) is 1.33. The fraction of sp³-hybridized carbons (Fsp3) is 0.333. The summed E-state index contributed by atoms with van der Waals surface area (Å²) in [6, 6.07) is 9.64. The van der Waals surface area contributed by atoms with Gasteiger partial charge >= 0.3 is 23.6 Å². The van der Waals surface area contributed by atoms with E-state index in [-0.39, 0.29) is 23.4 Å². The van der Waals surface area contributed by atoms with Crippen molar-refractivity contribution in [2.45, 2.75) is 51.4 Å². The Morgan fingerprint density at radius 2 is 1.11 bits per heavy atom. The van der Waals surface area contributed by atoms with Crippen LogP contribution in [0.15, 0.2) is 58.0 Å². The van der Waals surface area contributed by atoms with Crippen LogP contribution in [0.1, 0.15) is 72.1 Å². The van der Waals surface area contributed by atoms with E-state index in [1.807, 2.05) is 0 Å².